The van der Waals surface area contributed by atoms with E-state index >= 15 is 0 Å². The first-order valence-electron chi connectivity index (χ1n) is 8.69. The third kappa shape index (κ3) is 5.16. The van der Waals surface area contributed by atoms with Crippen LogP contribution < -0.4 is 0 Å². The van der Waals surface area contributed by atoms with Gasteiger partial charge in [-0.25, -0.2) is 0 Å². The Bertz CT molecular complexity index is 594. The zero-order chi connectivity index (χ0) is 17.8. The SMILES string of the molecule is CC(C)(C)P([C@H](OCc1ccccc1)c1ccccc1)C(C)(C)C. The van der Waals surface area contributed by atoms with Crippen molar-refractivity contribution < 1.29 is 4.74 Å². The van der Waals surface area contributed by atoms with Crippen molar-refractivity contribution in [2.24, 2.45) is 0 Å². The first kappa shape index (κ1) is 19.2. The normalized spacial score (nSPS) is 14.0. The molecule has 0 bridgehead atoms. The van der Waals surface area contributed by atoms with E-state index in [0.717, 1.165) is 0 Å². The van der Waals surface area contributed by atoms with Gasteiger partial charge in [0.05, 0.1) is 6.61 Å². The Balaban J connectivity index is 2.35. The summed E-state index contributed by atoms with van der Waals surface area (Å²) < 4.78 is 6.56. The lowest BCUT2D eigenvalue weighted by Crippen LogP contribution is -2.29. The molecular weight excluding hydrogens is 311 g/mol. The third-order valence-electron chi connectivity index (χ3n) is 4.02. The van der Waals surface area contributed by atoms with Gasteiger partial charge in [0.15, 0.2) is 0 Å². The van der Waals surface area contributed by atoms with Gasteiger partial charge in [-0.15, -0.1) is 0 Å². The van der Waals surface area contributed by atoms with E-state index in [1.54, 1.807) is 0 Å². The molecule has 0 heterocycles. The minimum absolute atomic E-state index is 0.140. The van der Waals surface area contributed by atoms with Crippen molar-refractivity contribution in [2.75, 3.05) is 0 Å². The van der Waals surface area contributed by atoms with Gasteiger partial charge in [-0.1, -0.05) is 110 Å². The van der Waals surface area contributed by atoms with Crippen LogP contribution in [0.5, 0.6) is 0 Å². The Kier molecular flexibility index (Phi) is 6.23. The van der Waals surface area contributed by atoms with Crippen LogP contribution in [0.2, 0.25) is 0 Å². The second-order valence-electron chi connectivity index (χ2n) is 8.27. The number of benzene rings is 2. The fourth-order valence-corrected chi connectivity index (χ4v) is 7.51. The highest BCUT2D eigenvalue weighted by Crippen LogP contribution is 2.68. The highest BCUT2D eigenvalue weighted by molar-refractivity contribution is 7.61. The summed E-state index contributed by atoms with van der Waals surface area (Å²) in [5.74, 6) is 0.140. The van der Waals surface area contributed by atoms with Crippen molar-refractivity contribution in [3.05, 3.63) is 71.8 Å². The van der Waals surface area contributed by atoms with Crippen molar-refractivity contribution in [2.45, 2.75) is 64.3 Å². The number of ether oxygens (including phenoxy) is 1. The predicted molar refractivity (Wildman–Crippen MR) is 107 cm³/mol. The van der Waals surface area contributed by atoms with Crippen LogP contribution in [0.4, 0.5) is 0 Å². The van der Waals surface area contributed by atoms with E-state index in [0.29, 0.717) is 6.61 Å². The van der Waals surface area contributed by atoms with Crippen LogP contribution in [0.3, 0.4) is 0 Å². The van der Waals surface area contributed by atoms with Gasteiger partial charge in [-0.3, -0.25) is 0 Å². The average molecular weight is 342 g/mol. The number of hydrogen-bond acceptors (Lipinski definition) is 1. The van der Waals surface area contributed by atoms with Crippen LogP contribution in [-0.2, 0) is 11.3 Å². The van der Waals surface area contributed by atoms with Crippen LogP contribution >= 0.6 is 7.92 Å². The molecule has 1 atom stereocenters. The second kappa shape index (κ2) is 7.81. The van der Waals surface area contributed by atoms with Gasteiger partial charge in [0.25, 0.3) is 0 Å². The summed E-state index contributed by atoms with van der Waals surface area (Å²) >= 11 is 0. The Morgan fingerprint density at radius 2 is 1.21 bits per heavy atom. The lowest BCUT2D eigenvalue weighted by atomic mass is 10.2. The Morgan fingerprint density at radius 1 is 0.750 bits per heavy atom. The smallest absolute Gasteiger partial charge is 0.103 e. The predicted octanol–water partition coefficient (Wildman–Crippen LogP) is 6.98. The molecule has 0 aromatic heterocycles. The third-order valence-corrected chi connectivity index (χ3v) is 7.82. The van der Waals surface area contributed by atoms with Crippen molar-refractivity contribution in [1.29, 1.82) is 0 Å². The molecule has 0 spiro atoms. The molecule has 0 aliphatic heterocycles. The molecule has 24 heavy (non-hydrogen) atoms. The topological polar surface area (TPSA) is 9.23 Å². The molecular formula is C22H31OP. The van der Waals surface area contributed by atoms with Crippen LogP contribution in [0.15, 0.2) is 60.7 Å². The molecule has 0 aliphatic rings. The van der Waals surface area contributed by atoms with Gasteiger partial charge in [0.2, 0.25) is 0 Å². The molecule has 2 heteroatoms. The van der Waals surface area contributed by atoms with Gasteiger partial charge < -0.3 is 4.74 Å². The lowest BCUT2D eigenvalue weighted by Gasteiger charge is -2.46. The zero-order valence-corrected chi connectivity index (χ0v) is 16.8. The van der Waals surface area contributed by atoms with Crippen LogP contribution in [0.25, 0.3) is 0 Å². The molecule has 0 aliphatic carbocycles. The van der Waals surface area contributed by atoms with Crippen molar-refractivity contribution in [3.8, 4) is 0 Å². The molecule has 0 saturated carbocycles. The first-order chi connectivity index (χ1) is 11.2. The lowest BCUT2D eigenvalue weighted by molar-refractivity contribution is 0.0924. The van der Waals surface area contributed by atoms with Crippen LogP contribution in [0.1, 0.15) is 58.5 Å². The van der Waals surface area contributed by atoms with E-state index in [2.05, 4.69) is 102 Å². The van der Waals surface area contributed by atoms with Gasteiger partial charge >= 0.3 is 0 Å². The van der Waals surface area contributed by atoms with Gasteiger partial charge in [-0.2, -0.15) is 0 Å². The summed E-state index contributed by atoms with van der Waals surface area (Å²) in [4.78, 5) is 0. The van der Waals surface area contributed by atoms with E-state index in [1.165, 1.54) is 11.1 Å². The quantitative estimate of drug-likeness (QED) is 0.532. The first-order valence-corrected chi connectivity index (χ1v) is 10.1. The summed E-state index contributed by atoms with van der Waals surface area (Å²) in [5.41, 5.74) is 2.53. The largest absolute Gasteiger partial charge is 0.364 e. The summed E-state index contributed by atoms with van der Waals surface area (Å²) in [6, 6.07) is 21.2. The van der Waals surface area contributed by atoms with E-state index in [-0.39, 0.29) is 16.2 Å². The summed E-state index contributed by atoms with van der Waals surface area (Å²) in [6.07, 6.45) is 0. The molecule has 0 unspecified atom stereocenters. The van der Waals surface area contributed by atoms with E-state index in [4.69, 9.17) is 4.74 Å². The number of rotatable bonds is 5. The summed E-state index contributed by atoms with van der Waals surface area (Å²) in [7, 11) is -0.401. The molecule has 0 saturated heterocycles. The molecule has 1 nitrogen and oxygen atoms in total. The van der Waals surface area contributed by atoms with E-state index < -0.39 is 7.92 Å². The molecule has 130 valence electrons. The van der Waals surface area contributed by atoms with Crippen molar-refractivity contribution >= 4 is 7.92 Å². The maximum atomic E-state index is 6.56. The molecule has 2 aromatic rings. The van der Waals surface area contributed by atoms with Gasteiger partial charge in [-0.05, 0) is 21.4 Å². The fourth-order valence-electron chi connectivity index (χ4n) is 3.40. The number of hydrogen-bond donors (Lipinski definition) is 0. The maximum absolute atomic E-state index is 6.56. The Labute approximate surface area is 149 Å². The minimum Gasteiger partial charge on any atom is -0.364 e. The van der Waals surface area contributed by atoms with E-state index in [1.807, 2.05) is 0 Å². The van der Waals surface area contributed by atoms with Crippen molar-refractivity contribution in [1.82, 2.24) is 0 Å². The van der Waals surface area contributed by atoms with Crippen LogP contribution in [-0.4, -0.2) is 10.3 Å². The monoisotopic (exact) mass is 342 g/mol. The molecule has 0 radical (unpaired) electrons. The van der Waals surface area contributed by atoms with Gasteiger partial charge in [0, 0.05) is 0 Å². The minimum atomic E-state index is -0.401. The average Bonchev–Trinajstić information content (AvgIpc) is 2.50. The van der Waals surface area contributed by atoms with E-state index in [9.17, 15) is 0 Å². The Hall–Kier alpha value is -1.17. The molecule has 2 aromatic carbocycles. The second-order valence-corrected chi connectivity index (χ2v) is 12.2. The molecule has 2 rings (SSSR count). The molecule has 0 fully saturated rings. The summed E-state index contributed by atoms with van der Waals surface area (Å²) in [6.45, 7) is 14.8. The van der Waals surface area contributed by atoms with Crippen molar-refractivity contribution in [3.63, 3.8) is 0 Å². The van der Waals surface area contributed by atoms with Crippen LogP contribution in [0, 0.1) is 0 Å². The Morgan fingerprint density at radius 3 is 1.67 bits per heavy atom. The molecule has 0 amide bonds. The fraction of sp³-hybridized carbons (Fsp3) is 0.455. The van der Waals surface area contributed by atoms with Gasteiger partial charge in [0.1, 0.15) is 5.85 Å². The standard InChI is InChI=1S/C22H31OP/c1-21(2,3)24(22(4,5)6)20(19-15-11-8-12-16-19)23-17-18-13-9-7-10-14-18/h7-16,20H,17H2,1-6H3/t20-/m0/s1. The highest BCUT2D eigenvalue weighted by atomic mass is 31.1. The summed E-state index contributed by atoms with van der Waals surface area (Å²) in [5, 5.41) is 0.426. The highest BCUT2D eigenvalue weighted by Gasteiger charge is 2.41. The maximum Gasteiger partial charge on any atom is 0.103 e. The zero-order valence-electron chi connectivity index (χ0n) is 15.9. The molecule has 0 N–H and O–H groups in total.